The number of rotatable bonds is 3. The Morgan fingerprint density at radius 1 is 1.70 bits per heavy atom. The summed E-state index contributed by atoms with van der Waals surface area (Å²) in [7, 11) is 0. The van der Waals surface area contributed by atoms with E-state index >= 15 is 0 Å². The van der Waals surface area contributed by atoms with Crippen LogP contribution in [0.5, 0.6) is 0 Å². The maximum atomic E-state index is 10.5. The molecule has 0 bridgehead atoms. The molecule has 0 saturated carbocycles. The highest BCUT2D eigenvalue weighted by Gasteiger charge is 2.37. The molecule has 1 fully saturated rings. The zero-order chi connectivity index (χ0) is 9.14. The summed E-state index contributed by atoms with van der Waals surface area (Å²) in [4.78, 5) is 10.5. The van der Waals surface area contributed by atoms with E-state index in [0.717, 1.165) is 0 Å². The molecule has 1 heterocycles. The maximum Gasteiger partial charge on any atom is 0.323 e. The van der Waals surface area contributed by atoms with Crippen LogP contribution in [0.15, 0.2) is 0 Å². The van der Waals surface area contributed by atoms with Crippen molar-refractivity contribution in [3.63, 3.8) is 0 Å². The number of carboxylic acids is 1. The molecule has 4 N–H and O–H groups in total. The van der Waals surface area contributed by atoms with Gasteiger partial charge in [0.15, 0.2) is 0 Å². The molecule has 5 heteroatoms. The number of hydrogen-bond donors (Lipinski definition) is 4. The molecule has 0 aromatic carbocycles. The van der Waals surface area contributed by atoms with Crippen molar-refractivity contribution in [1.29, 1.82) is 2.86 Å². The number of carbonyl (C=O) groups is 1. The Morgan fingerprint density at radius 3 is 3.00 bits per heavy atom. The number of hydrogen-bond acceptors (Lipinski definition) is 4. The third kappa shape index (κ3) is 1.11. The van der Waals surface area contributed by atoms with Crippen molar-refractivity contribution in [3.8, 4) is 0 Å². The van der Waals surface area contributed by atoms with Crippen LogP contribution < -0.4 is 5.32 Å². The van der Waals surface area contributed by atoms with Gasteiger partial charge in [-0.05, 0) is 0 Å². The second kappa shape index (κ2) is 2.53. The number of β-amino-alcohol motifs (C(OH)–C–C–N with tert-alkyl or cyclic N) is 1. The van der Waals surface area contributed by atoms with Crippen molar-refractivity contribution in [2.24, 2.45) is 0 Å². The predicted octanol–water partition coefficient (Wildman–Crippen LogP) is -2.24. The van der Waals surface area contributed by atoms with Crippen molar-refractivity contribution >= 4 is 5.97 Å². The van der Waals surface area contributed by atoms with E-state index in [1.165, 1.54) is 0 Å². The van der Waals surface area contributed by atoms with Gasteiger partial charge >= 0.3 is 5.97 Å². The van der Waals surface area contributed by atoms with Crippen LogP contribution in [0.25, 0.3) is 0 Å². The number of aliphatic carboxylic acids is 1. The molecule has 0 spiro atoms. The third-order valence-electron chi connectivity index (χ3n) is 1.50. The zero-order valence-electron chi connectivity index (χ0n) is 7.11. The largest absolute Gasteiger partial charge is 0.480 e. The van der Waals surface area contributed by atoms with Gasteiger partial charge in [0, 0.05) is 6.54 Å². The Hall–Kier alpha value is -0.650. The van der Waals surface area contributed by atoms with Crippen molar-refractivity contribution in [1.82, 2.24) is 5.32 Å². The molecule has 0 aliphatic carbocycles. The molecule has 1 aliphatic rings. The van der Waals surface area contributed by atoms with Gasteiger partial charge in [-0.3, -0.25) is 10.1 Å². The molecule has 1 rings (SSSR count). The fourth-order valence-electron chi connectivity index (χ4n) is 0.918. The highest BCUT2D eigenvalue weighted by Crippen LogP contribution is 2.06. The van der Waals surface area contributed by atoms with E-state index in [4.69, 9.17) is 7.97 Å². The van der Waals surface area contributed by atoms with Crippen molar-refractivity contribution in [2.75, 3.05) is 6.54 Å². The molecule has 3 atom stereocenters. The molecular formula is C5H9NO4. The Bertz CT molecular complexity index is 179. The van der Waals surface area contributed by atoms with Crippen LogP contribution >= 0.6 is 0 Å². The average Bonchev–Trinajstić information content (AvgIpc) is 2.46. The second-order valence-electron chi connectivity index (χ2n) is 2.23. The van der Waals surface area contributed by atoms with Crippen LogP contribution in [0.3, 0.4) is 0 Å². The van der Waals surface area contributed by atoms with E-state index in [1.807, 2.05) is 0 Å². The molecule has 1 aliphatic heterocycles. The maximum absolute atomic E-state index is 10.5. The van der Waals surface area contributed by atoms with Crippen LogP contribution in [0, 0.1) is 0 Å². The normalized spacial score (nSPS) is 42.6. The Balaban J connectivity index is 2.62. The lowest BCUT2D eigenvalue weighted by Gasteiger charge is -2.09. The third-order valence-corrected chi connectivity index (χ3v) is 1.50. The number of nitrogens with one attached hydrogen (secondary N) is 1. The molecule has 1 saturated heterocycles. The predicted molar refractivity (Wildman–Crippen MR) is 31.4 cm³/mol. The summed E-state index contributed by atoms with van der Waals surface area (Å²) in [5, 5.41) is 19.5. The topological polar surface area (TPSA) is 89.8 Å². The average molecular weight is 149 g/mol. The number of aliphatic hydroxyl groups excluding tert-OH is 2. The quantitative estimate of drug-likeness (QED) is 0.364. The Kier molecular flexibility index (Phi) is 1.28. The van der Waals surface area contributed by atoms with Crippen molar-refractivity contribution in [3.05, 3.63) is 0 Å². The molecule has 0 unspecified atom stereocenters. The lowest BCUT2D eigenvalue weighted by Crippen LogP contribution is -2.39. The fraction of sp³-hybridized carbons (Fsp3) is 0.800. The Morgan fingerprint density at radius 2 is 2.50 bits per heavy atom. The van der Waals surface area contributed by atoms with Crippen LogP contribution in [0.4, 0.5) is 0 Å². The highest BCUT2D eigenvalue weighted by atomic mass is 16.4. The van der Waals surface area contributed by atoms with Gasteiger partial charge in [-0.1, -0.05) is 0 Å². The van der Waals surface area contributed by atoms with Crippen molar-refractivity contribution in [2.45, 2.75) is 18.2 Å². The van der Waals surface area contributed by atoms with E-state index < -0.39 is 24.2 Å². The summed E-state index contributed by atoms with van der Waals surface area (Å²) in [6, 6.07) is -0.960. The van der Waals surface area contributed by atoms with Crippen LogP contribution in [-0.2, 0) is 4.79 Å². The monoisotopic (exact) mass is 149 g/mol. The molecule has 10 heavy (non-hydrogen) atoms. The molecule has 58 valence electrons. The van der Waals surface area contributed by atoms with E-state index in [1.54, 1.807) is 0 Å². The van der Waals surface area contributed by atoms with Gasteiger partial charge in [-0.25, -0.2) is 0 Å². The summed E-state index contributed by atoms with van der Waals surface area (Å²) in [6.45, 7) is 0.212. The molecule has 0 amide bonds. The summed E-state index contributed by atoms with van der Waals surface area (Å²) >= 11 is 0. The highest BCUT2D eigenvalue weighted by molar-refractivity contribution is 5.74. The van der Waals surface area contributed by atoms with Gasteiger partial charge in [0.1, 0.15) is 12.1 Å². The lowest BCUT2D eigenvalue weighted by molar-refractivity contribution is -0.142. The zero-order valence-corrected chi connectivity index (χ0v) is 5.11. The van der Waals surface area contributed by atoms with Gasteiger partial charge in [0.25, 0.3) is 0 Å². The van der Waals surface area contributed by atoms with Gasteiger partial charge in [-0.15, -0.1) is 0 Å². The number of carboxylic acid groups (broad SMARTS) is 1. The standard InChI is InChI=1S/C5H9NO4/c7-2-1-6-3(4(2)8)5(9)10/h2-4,6-8H,1H2,(H,9,10)/t2-,3-,4+/m0/s1/i7D,8D. The van der Waals surface area contributed by atoms with Crippen molar-refractivity contribution < 1.29 is 20.1 Å². The minimum absolute atomic E-state index is 0.212. The SMILES string of the molecule is [2H]O[C@@H]1[C@@H](O[2H])CN[C@@H]1C(=O)O. The van der Waals surface area contributed by atoms with E-state index in [-0.39, 0.29) is 6.54 Å². The number of aliphatic hydroxyl groups is 2. The summed E-state index contributed by atoms with van der Waals surface area (Å²) < 4.78 is 13.2. The van der Waals surface area contributed by atoms with Crippen LogP contribution in [0.2, 0.25) is 0 Å². The molecule has 5 nitrogen and oxygen atoms in total. The van der Waals surface area contributed by atoms with Gasteiger partial charge in [0.2, 0.25) is 2.86 Å². The second-order valence-corrected chi connectivity index (χ2v) is 2.23. The molecule has 0 aromatic rings. The molecular weight excluding hydrogens is 138 g/mol. The summed E-state index contributed by atoms with van der Waals surface area (Å²) in [5.41, 5.74) is 0. The molecule has 0 radical (unpaired) electrons. The first-order valence-corrected chi connectivity index (χ1v) is 2.90. The smallest absolute Gasteiger partial charge is 0.323 e. The van der Waals surface area contributed by atoms with Crippen LogP contribution in [0.1, 0.15) is 0 Å². The minimum Gasteiger partial charge on any atom is -0.480 e. The first kappa shape index (κ1) is 5.06. The first-order valence-electron chi connectivity index (χ1n) is 3.72. The van der Waals surface area contributed by atoms with Crippen LogP contribution in [-0.4, -0.2) is 49.0 Å². The fourth-order valence-corrected chi connectivity index (χ4v) is 0.918. The Labute approximate surface area is 60.3 Å². The van der Waals surface area contributed by atoms with E-state index in [2.05, 4.69) is 15.5 Å². The summed E-state index contributed by atoms with van der Waals surface area (Å²) in [5.74, 6) is -1.10. The van der Waals surface area contributed by atoms with Gasteiger partial charge in [-0.2, -0.15) is 0 Å². The minimum atomic E-state index is -1.10. The van der Waals surface area contributed by atoms with E-state index in [0.29, 0.717) is 0 Å². The molecule has 0 aromatic heterocycles. The van der Waals surface area contributed by atoms with Gasteiger partial charge in [0.05, 0.1) is 6.10 Å². The summed E-state index contributed by atoms with van der Waals surface area (Å²) in [6.07, 6.45) is -1.61. The van der Waals surface area contributed by atoms with Gasteiger partial charge < -0.3 is 15.3 Å². The lowest BCUT2D eigenvalue weighted by atomic mass is 10.1. The first-order chi connectivity index (χ1) is 5.70. The van der Waals surface area contributed by atoms with E-state index in [9.17, 15) is 4.79 Å².